The Hall–Kier alpha value is -3.90. The SMILES string of the molecule is O=C(CCCCC(=O)N/N=C/c1ccc(Cl)c([N+](=O)[O-])c1)N/N=C/c1ccc(Cl)c([N+](=O)[O-])c1. The van der Waals surface area contributed by atoms with Crippen LogP contribution in [0.4, 0.5) is 11.4 Å². The van der Waals surface area contributed by atoms with E-state index in [2.05, 4.69) is 21.1 Å². The third kappa shape index (κ3) is 8.56. The van der Waals surface area contributed by atoms with Gasteiger partial charge in [0.05, 0.1) is 22.3 Å². The van der Waals surface area contributed by atoms with Crippen molar-refractivity contribution in [3.63, 3.8) is 0 Å². The summed E-state index contributed by atoms with van der Waals surface area (Å²) in [6.45, 7) is 0. The molecular weight excluding hydrogens is 491 g/mol. The molecule has 14 heteroatoms. The molecule has 0 radical (unpaired) electrons. The second-order valence-electron chi connectivity index (χ2n) is 6.73. The molecule has 0 heterocycles. The maximum atomic E-state index is 11.8. The Morgan fingerprint density at radius 1 is 0.794 bits per heavy atom. The lowest BCUT2D eigenvalue weighted by atomic mass is 10.2. The molecule has 2 amide bonds. The molecule has 0 saturated heterocycles. The molecule has 0 fully saturated rings. The van der Waals surface area contributed by atoms with Crippen molar-refractivity contribution in [2.75, 3.05) is 0 Å². The van der Waals surface area contributed by atoms with Crippen LogP contribution in [0.5, 0.6) is 0 Å². The van der Waals surface area contributed by atoms with Crippen molar-refractivity contribution in [1.82, 2.24) is 10.9 Å². The normalized spacial score (nSPS) is 11.0. The van der Waals surface area contributed by atoms with E-state index in [-0.39, 0.29) is 46.1 Å². The lowest BCUT2D eigenvalue weighted by Gasteiger charge is -2.01. The molecule has 2 aromatic carbocycles. The van der Waals surface area contributed by atoms with E-state index in [4.69, 9.17) is 23.2 Å². The van der Waals surface area contributed by atoms with Crippen molar-refractivity contribution >= 4 is 58.8 Å². The van der Waals surface area contributed by atoms with Crippen LogP contribution in [-0.4, -0.2) is 34.1 Å². The van der Waals surface area contributed by atoms with E-state index in [1.54, 1.807) is 0 Å². The summed E-state index contributed by atoms with van der Waals surface area (Å²) in [7, 11) is 0. The summed E-state index contributed by atoms with van der Waals surface area (Å²) in [5.74, 6) is -0.773. The van der Waals surface area contributed by atoms with Gasteiger partial charge in [-0.05, 0) is 25.0 Å². The first kappa shape index (κ1) is 26.4. The Bertz CT molecular complexity index is 1060. The van der Waals surface area contributed by atoms with Crippen molar-refractivity contribution < 1.29 is 19.4 Å². The highest BCUT2D eigenvalue weighted by atomic mass is 35.5. The minimum atomic E-state index is -0.622. The van der Waals surface area contributed by atoms with Gasteiger partial charge < -0.3 is 0 Å². The molecule has 12 nitrogen and oxygen atoms in total. The number of amides is 2. The predicted molar refractivity (Wildman–Crippen MR) is 126 cm³/mol. The number of halogens is 2. The van der Waals surface area contributed by atoms with E-state index in [9.17, 15) is 29.8 Å². The first-order valence-electron chi connectivity index (χ1n) is 9.69. The minimum Gasteiger partial charge on any atom is -0.273 e. The van der Waals surface area contributed by atoms with E-state index < -0.39 is 9.85 Å². The Morgan fingerprint density at radius 2 is 1.18 bits per heavy atom. The molecule has 0 aliphatic heterocycles. The van der Waals surface area contributed by atoms with E-state index in [1.807, 2.05) is 0 Å². The molecule has 0 atom stereocenters. The standard InChI is InChI=1S/C20H18Cl2N6O6/c21-15-7-5-13(9-17(15)27(31)32)11-23-25-19(29)3-1-2-4-20(30)26-24-12-14-6-8-16(22)18(10-14)28(33)34/h5-12H,1-4H2,(H,25,29)(H,26,30)/b23-11+,24-12+. The Kier molecular flexibility index (Phi) is 10.0. The highest BCUT2D eigenvalue weighted by molar-refractivity contribution is 6.33. The van der Waals surface area contributed by atoms with Crippen molar-refractivity contribution in [3.05, 3.63) is 77.8 Å². The highest BCUT2D eigenvalue weighted by Gasteiger charge is 2.13. The minimum absolute atomic E-state index is 0.00475. The number of hydrogen-bond donors (Lipinski definition) is 2. The number of benzene rings is 2. The van der Waals surface area contributed by atoms with E-state index >= 15 is 0 Å². The third-order valence-corrected chi connectivity index (χ3v) is 4.84. The molecule has 0 unspecified atom stereocenters. The summed E-state index contributed by atoms with van der Waals surface area (Å²) in [6, 6.07) is 8.20. The summed E-state index contributed by atoms with van der Waals surface area (Å²) in [5, 5.41) is 29.2. The number of nitrogens with zero attached hydrogens (tertiary/aromatic N) is 4. The number of carbonyl (C=O) groups is 2. The van der Waals surface area contributed by atoms with Crippen LogP contribution in [0, 0.1) is 20.2 Å². The molecule has 0 spiro atoms. The number of hydrazone groups is 2. The molecule has 2 aromatic rings. The van der Waals surface area contributed by atoms with Crippen molar-refractivity contribution in [3.8, 4) is 0 Å². The first-order valence-corrected chi connectivity index (χ1v) is 10.4. The van der Waals surface area contributed by atoms with Gasteiger partial charge in [-0.3, -0.25) is 29.8 Å². The zero-order valence-electron chi connectivity index (χ0n) is 17.4. The fraction of sp³-hybridized carbons (Fsp3) is 0.200. The average Bonchev–Trinajstić information content (AvgIpc) is 2.78. The fourth-order valence-electron chi connectivity index (χ4n) is 2.54. The van der Waals surface area contributed by atoms with Crippen LogP contribution in [0.2, 0.25) is 10.0 Å². The molecule has 178 valence electrons. The highest BCUT2D eigenvalue weighted by Crippen LogP contribution is 2.25. The summed E-state index contributed by atoms with van der Waals surface area (Å²) in [6.07, 6.45) is 3.55. The number of unbranched alkanes of at least 4 members (excludes halogenated alkanes) is 1. The largest absolute Gasteiger partial charge is 0.288 e. The molecule has 0 saturated carbocycles. The molecule has 34 heavy (non-hydrogen) atoms. The monoisotopic (exact) mass is 508 g/mol. The van der Waals surface area contributed by atoms with E-state index in [0.717, 1.165) is 0 Å². The summed E-state index contributed by atoms with van der Waals surface area (Å²) < 4.78 is 0. The second kappa shape index (κ2) is 13.0. The molecule has 0 aliphatic carbocycles. The second-order valence-corrected chi connectivity index (χ2v) is 7.54. The zero-order valence-corrected chi connectivity index (χ0v) is 19.0. The molecular formula is C20H18Cl2N6O6. The van der Waals surface area contributed by atoms with Crippen molar-refractivity contribution in [2.45, 2.75) is 25.7 Å². The smallest absolute Gasteiger partial charge is 0.273 e. The number of hydrogen-bond acceptors (Lipinski definition) is 8. The van der Waals surface area contributed by atoms with Crippen LogP contribution in [0.1, 0.15) is 36.8 Å². The Labute approximate surface area is 202 Å². The summed E-state index contributed by atoms with van der Waals surface area (Å²) in [4.78, 5) is 44.1. The van der Waals surface area contributed by atoms with E-state index in [1.165, 1.54) is 48.8 Å². The number of nitro groups is 2. The van der Waals surface area contributed by atoms with Gasteiger partial charge in [0.2, 0.25) is 11.8 Å². The summed E-state index contributed by atoms with van der Waals surface area (Å²) in [5.41, 5.74) is 4.84. The topological polar surface area (TPSA) is 169 Å². The number of carbonyl (C=O) groups excluding carboxylic acids is 2. The van der Waals surface area contributed by atoms with Crippen molar-refractivity contribution in [2.24, 2.45) is 10.2 Å². The zero-order chi connectivity index (χ0) is 25.1. The average molecular weight is 509 g/mol. The van der Waals surface area contributed by atoms with Crippen LogP contribution >= 0.6 is 23.2 Å². The first-order chi connectivity index (χ1) is 16.2. The van der Waals surface area contributed by atoms with Crippen molar-refractivity contribution in [1.29, 1.82) is 0 Å². The van der Waals surface area contributed by atoms with Crippen LogP contribution in [0.15, 0.2) is 46.6 Å². The van der Waals surface area contributed by atoms with Gasteiger partial charge >= 0.3 is 0 Å². The van der Waals surface area contributed by atoms with Crippen LogP contribution in [0.3, 0.4) is 0 Å². The molecule has 2 rings (SSSR count). The van der Waals surface area contributed by atoms with Gasteiger partial charge in [-0.25, -0.2) is 10.9 Å². The Morgan fingerprint density at radius 3 is 1.53 bits per heavy atom. The lowest BCUT2D eigenvalue weighted by Crippen LogP contribution is -2.19. The fourth-order valence-corrected chi connectivity index (χ4v) is 2.91. The van der Waals surface area contributed by atoms with E-state index in [0.29, 0.717) is 24.0 Å². The van der Waals surface area contributed by atoms with Crippen LogP contribution in [0.25, 0.3) is 0 Å². The van der Waals surface area contributed by atoms with Gasteiger partial charge in [0.25, 0.3) is 11.4 Å². The van der Waals surface area contributed by atoms with Gasteiger partial charge in [0.15, 0.2) is 0 Å². The maximum Gasteiger partial charge on any atom is 0.288 e. The van der Waals surface area contributed by atoms with Gasteiger partial charge in [0, 0.05) is 36.1 Å². The number of rotatable bonds is 11. The van der Waals surface area contributed by atoms with Crippen LogP contribution < -0.4 is 10.9 Å². The number of nitro benzene ring substituents is 2. The quantitative estimate of drug-likeness (QED) is 0.201. The molecule has 2 N–H and O–H groups in total. The van der Waals surface area contributed by atoms with Gasteiger partial charge in [-0.15, -0.1) is 0 Å². The van der Waals surface area contributed by atoms with Gasteiger partial charge in [0.1, 0.15) is 10.0 Å². The Balaban J connectivity index is 1.68. The van der Waals surface area contributed by atoms with Gasteiger partial charge in [-0.2, -0.15) is 10.2 Å². The molecule has 0 aromatic heterocycles. The predicted octanol–water partition coefficient (Wildman–Crippen LogP) is 3.97. The summed E-state index contributed by atoms with van der Waals surface area (Å²) >= 11 is 11.5. The molecule has 0 aliphatic rings. The third-order valence-electron chi connectivity index (χ3n) is 4.20. The maximum absolute atomic E-state index is 11.8. The molecule has 0 bridgehead atoms. The number of nitrogens with one attached hydrogen (secondary N) is 2. The van der Waals surface area contributed by atoms with Crippen LogP contribution in [-0.2, 0) is 9.59 Å². The van der Waals surface area contributed by atoms with Gasteiger partial charge in [-0.1, -0.05) is 35.3 Å². The lowest BCUT2D eigenvalue weighted by molar-refractivity contribution is -0.384.